The van der Waals surface area contributed by atoms with E-state index in [2.05, 4.69) is 0 Å². The Bertz CT molecular complexity index is 484. The van der Waals surface area contributed by atoms with Crippen LogP contribution in [0.4, 0.5) is 10.1 Å². The third kappa shape index (κ3) is 2.05. The number of benzene rings is 1. The van der Waals surface area contributed by atoms with Gasteiger partial charge < -0.3 is 0 Å². The van der Waals surface area contributed by atoms with Crippen LogP contribution in [0.1, 0.15) is 0 Å². The summed E-state index contributed by atoms with van der Waals surface area (Å²) >= 11 is 0. The van der Waals surface area contributed by atoms with Crippen LogP contribution in [0.5, 0.6) is 0 Å². The standard InChI is InChI=1S/C7H7FN2O3S/c1-14(9,13)5-2-3-6(8)7(4-5)10(11)12/h2-4,9H,1H3. The van der Waals surface area contributed by atoms with Gasteiger partial charge >= 0.3 is 5.69 Å². The second kappa shape index (κ2) is 3.33. The lowest BCUT2D eigenvalue weighted by Crippen LogP contribution is -1.98. The van der Waals surface area contributed by atoms with Crippen molar-refractivity contribution >= 4 is 15.4 Å². The minimum atomic E-state index is -3.05. The Kier molecular flexibility index (Phi) is 2.52. The molecule has 1 rings (SSSR count). The molecule has 5 nitrogen and oxygen atoms in total. The molecule has 14 heavy (non-hydrogen) atoms. The molecular weight excluding hydrogens is 211 g/mol. The van der Waals surface area contributed by atoms with Crippen molar-refractivity contribution in [3.8, 4) is 0 Å². The fourth-order valence-electron chi connectivity index (χ4n) is 0.875. The average molecular weight is 218 g/mol. The smallest absolute Gasteiger partial charge is 0.258 e. The van der Waals surface area contributed by atoms with Crippen LogP contribution in [0.15, 0.2) is 23.1 Å². The van der Waals surface area contributed by atoms with Gasteiger partial charge in [-0.3, -0.25) is 10.1 Å². The first-order valence-corrected chi connectivity index (χ1v) is 5.47. The van der Waals surface area contributed by atoms with E-state index in [1.807, 2.05) is 0 Å². The number of nitrogens with one attached hydrogen (secondary N) is 1. The summed E-state index contributed by atoms with van der Waals surface area (Å²) in [7, 11) is -3.05. The van der Waals surface area contributed by atoms with Gasteiger partial charge in [0.25, 0.3) is 0 Å². The zero-order chi connectivity index (χ0) is 10.9. The van der Waals surface area contributed by atoms with Gasteiger partial charge in [0.05, 0.1) is 19.5 Å². The molecule has 1 aromatic rings. The third-order valence-corrected chi connectivity index (χ3v) is 2.72. The monoisotopic (exact) mass is 218 g/mol. The van der Waals surface area contributed by atoms with E-state index in [0.717, 1.165) is 24.5 Å². The molecule has 0 amide bonds. The SMILES string of the molecule is CS(=N)(=O)c1ccc(F)c([N+](=O)[O-])c1. The zero-order valence-electron chi connectivity index (χ0n) is 7.19. The molecule has 0 aliphatic rings. The first kappa shape index (κ1) is 10.6. The van der Waals surface area contributed by atoms with Crippen LogP contribution in [-0.4, -0.2) is 15.4 Å². The summed E-state index contributed by atoms with van der Waals surface area (Å²) in [6, 6.07) is 2.77. The van der Waals surface area contributed by atoms with Crippen molar-refractivity contribution in [3.05, 3.63) is 34.1 Å². The minimum Gasteiger partial charge on any atom is -0.258 e. The Morgan fingerprint density at radius 3 is 2.57 bits per heavy atom. The molecule has 76 valence electrons. The van der Waals surface area contributed by atoms with Gasteiger partial charge in [0.2, 0.25) is 5.82 Å². The quantitative estimate of drug-likeness (QED) is 0.606. The highest BCUT2D eigenvalue weighted by molar-refractivity contribution is 7.91. The van der Waals surface area contributed by atoms with Gasteiger partial charge in [0, 0.05) is 12.3 Å². The number of nitrogens with zero attached hydrogens (tertiary/aromatic N) is 1. The largest absolute Gasteiger partial charge is 0.306 e. The molecule has 0 saturated heterocycles. The van der Waals surface area contributed by atoms with E-state index >= 15 is 0 Å². The van der Waals surface area contributed by atoms with Crippen molar-refractivity contribution < 1.29 is 13.5 Å². The molecule has 1 unspecified atom stereocenters. The normalized spacial score (nSPS) is 14.7. The molecule has 0 fully saturated rings. The van der Waals surface area contributed by atoms with Gasteiger partial charge in [-0.15, -0.1) is 0 Å². The number of hydrogen-bond acceptors (Lipinski definition) is 4. The molecule has 7 heteroatoms. The molecule has 1 atom stereocenters. The molecule has 0 aliphatic carbocycles. The molecule has 1 N–H and O–H groups in total. The molecule has 0 aromatic heterocycles. The molecular formula is C7H7FN2O3S. The van der Waals surface area contributed by atoms with Crippen molar-refractivity contribution in [1.82, 2.24) is 0 Å². The Morgan fingerprint density at radius 2 is 2.14 bits per heavy atom. The van der Waals surface area contributed by atoms with Gasteiger partial charge in [-0.1, -0.05) is 0 Å². The lowest BCUT2D eigenvalue weighted by molar-refractivity contribution is -0.387. The summed E-state index contributed by atoms with van der Waals surface area (Å²) in [4.78, 5) is 9.35. The van der Waals surface area contributed by atoms with E-state index in [-0.39, 0.29) is 4.90 Å². The van der Waals surface area contributed by atoms with Gasteiger partial charge in [-0.25, -0.2) is 8.99 Å². The summed E-state index contributed by atoms with van der Waals surface area (Å²) in [5.74, 6) is -0.998. The van der Waals surface area contributed by atoms with Crippen molar-refractivity contribution in [2.75, 3.05) is 6.26 Å². The van der Waals surface area contributed by atoms with E-state index in [1.165, 1.54) is 0 Å². The van der Waals surface area contributed by atoms with Gasteiger partial charge in [-0.05, 0) is 12.1 Å². The molecule has 1 aromatic carbocycles. The molecule has 0 spiro atoms. The Morgan fingerprint density at radius 1 is 1.57 bits per heavy atom. The first-order chi connectivity index (χ1) is 6.32. The van der Waals surface area contributed by atoms with E-state index in [0.29, 0.717) is 0 Å². The molecule has 0 saturated carbocycles. The summed E-state index contributed by atoms with van der Waals surface area (Å²) in [5, 5.41) is 10.3. The van der Waals surface area contributed by atoms with Crippen LogP contribution in [0.3, 0.4) is 0 Å². The van der Waals surface area contributed by atoms with Gasteiger partial charge in [-0.2, -0.15) is 4.39 Å². The number of halogens is 1. The fraction of sp³-hybridized carbons (Fsp3) is 0.143. The van der Waals surface area contributed by atoms with Crippen LogP contribution >= 0.6 is 0 Å². The molecule has 0 aliphatic heterocycles. The Labute approximate surface area is 79.7 Å². The van der Waals surface area contributed by atoms with E-state index in [1.54, 1.807) is 0 Å². The predicted octanol–water partition coefficient (Wildman–Crippen LogP) is 1.77. The van der Waals surface area contributed by atoms with E-state index in [4.69, 9.17) is 4.78 Å². The van der Waals surface area contributed by atoms with Crippen LogP contribution < -0.4 is 0 Å². The topological polar surface area (TPSA) is 84.1 Å². The highest BCUT2D eigenvalue weighted by Gasteiger charge is 2.16. The highest BCUT2D eigenvalue weighted by Crippen LogP contribution is 2.21. The first-order valence-electron chi connectivity index (χ1n) is 3.50. The van der Waals surface area contributed by atoms with Crippen LogP contribution in [0.2, 0.25) is 0 Å². The summed E-state index contributed by atoms with van der Waals surface area (Å²) in [6.07, 6.45) is 1.12. The van der Waals surface area contributed by atoms with Gasteiger partial charge in [0.1, 0.15) is 0 Å². The Hall–Kier alpha value is -1.50. The van der Waals surface area contributed by atoms with Crippen LogP contribution in [-0.2, 0) is 9.73 Å². The van der Waals surface area contributed by atoms with Crippen molar-refractivity contribution in [2.45, 2.75) is 4.90 Å². The maximum absolute atomic E-state index is 12.8. The summed E-state index contributed by atoms with van der Waals surface area (Å²) in [6.45, 7) is 0. The number of hydrogen-bond donors (Lipinski definition) is 1. The maximum atomic E-state index is 12.8. The zero-order valence-corrected chi connectivity index (χ0v) is 8.01. The summed E-state index contributed by atoms with van der Waals surface area (Å²) < 4.78 is 31.2. The second-order valence-corrected chi connectivity index (χ2v) is 4.87. The minimum absolute atomic E-state index is 0.0504. The molecule has 0 bridgehead atoms. The molecule has 0 heterocycles. The van der Waals surface area contributed by atoms with E-state index in [9.17, 15) is 18.7 Å². The van der Waals surface area contributed by atoms with Crippen molar-refractivity contribution in [3.63, 3.8) is 0 Å². The average Bonchev–Trinajstić information content (AvgIpc) is 2.02. The van der Waals surface area contributed by atoms with Crippen LogP contribution in [0.25, 0.3) is 0 Å². The van der Waals surface area contributed by atoms with E-state index < -0.39 is 26.2 Å². The lowest BCUT2D eigenvalue weighted by atomic mass is 10.3. The van der Waals surface area contributed by atoms with Crippen molar-refractivity contribution in [2.24, 2.45) is 0 Å². The second-order valence-electron chi connectivity index (χ2n) is 2.71. The third-order valence-electron chi connectivity index (χ3n) is 1.56. The number of nitro benzene ring substituents is 1. The van der Waals surface area contributed by atoms with Gasteiger partial charge in [0.15, 0.2) is 0 Å². The predicted molar refractivity (Wildman–Crippen MR) is 48.1 cm³/mol. The number of nitro groups is 1. The lowest BCUT2D eigenvalue weighted by Gasteiger charge is -2.00. The fourth-order valence-corrected chi connectivity index (χ4v) is 1.54. The van der Waals surface area contributed by atoms with Crippen LogP contribution in [0, 0.1) is 20.7 Å². The van der Waals surface area contributed by atoms with Crippen molar-refractivity contribution in [1.29, 1.82) is 4.78 Å². The highest BCUT2D eigenvalue weighted by atomic mass is 32.2. The Balaban J connectivity index is 3.42. The number of rotatable bonds is 2. The molecule has 0 radical (unpaired) electrons. The summed E-state index contributed by atoms with van der Waals surface area (Å²) in [5.41, 5.74) is -0.760. The maximum Gasteiger partial charge on any atom is 0.306 e.